The number of hydrogen-bond acceptors (Lipinski definition) is 3. The molecule has 0 amide bonds. The highest BCUT2D eigenvalue weighted by Crippen LogP contribution is 2.17. The molecule has 0 saturated heterocycles. The molecule has 2 aromatic heterocycles. The molecule has 0 radical (unpaired) electrons. The zero-order valence-corrected chi connectivity index (χ0v) is 9.90. The zero-order valence-electron chi connectivity index (χ0n) is 6.98. The van der Waals surface area contributed by atoms with Crippen LogP contribution in [0.2, 0.25) is 5.15 Å². The smallest absolute Gasteiger partial charge is 0.178 e. The van der Waals surface area contributed by atoms with E-state index in [2.05, 4.69) is 32.7 Å². The van der Waals surface area contributed by atoms with Gasteiger partial charge in [0, 0.05) is 6.20 Å². The Morgan fingerprint density at radius 1 is 1.43 bits per heavy atom. The molecule has 2 rings (SSSR count). The van der Waals surface area contributed by atoms with E-state index in [9.17, 15) is 0 Å². The maximum atomic E-state index is 5.76. The van der Waals surface area contributed by atoms with Crippen molar-refractivity contribution >= 4 is 39.9 Å². The summed E-state index contributed by atoms with van der Waals surface area (Å²) in [6, 6.07) is 3.36. The summed E-state index contributed by atoms with van der Waals surface area (Å²) in [7, 11) is 0. The van der Waals surface area contributed by atoms with Crippen molar-refractivity contribution in [2.75, 3.05) is 5.73 Å². The SMILES string of the molecule is Nc1ccc(Cl)nc1-n1cc(I)cn1. The van der Waals surface area contributed by atoms with Gasteiger partial charge >= 0.3 is 0 Å². The number of hydrogen-bond donors (Lipinski definition) is 1. The molecule has 0 unspecified atom stereocenters. The Hall–Kier alpha value is -0.820. The van der Waals surface area contributed by atoms with E-state index >= 15 is 0 Å². The molecule has 2 N–H and O–H groups in total. The van der Waals surface area contributed by atoms with Crippen LogP contribution >= 0.6 is 34.2 Å². The molecule has 2 heterocycles. The molecular weight excluding hydrogens is 314 g/mol. The molecule has 0 saturated carbocycles. The Labute approximate surface area is 99.2 Å². The van der Waals surface area contributed by atoms with E-state index < -0.39 is 0 Å². The minimum Gasteiger partial charge on any atom is -0.396 e. The molecule has 0 fully saturated rings. The maximum Gasteiger partial charge on any atom is 0.178 e. The van der Waals surface area contributed by atoms with Crippen LogP contribution in [0.5, 0.6) is 0 Å². The molecule has 2 aromatic rings. The normalized spacial score (nSPS) is 10.4. The number of rotatable bonds is 1. The first-order valence-corrected chi connectivity index (χ1v) is 5.25. The van der Waals surface area contributed by atoms with E-state index in [0.717, 1.165) is 3.57 Å². The van der Waals surface area contributed by atoms with Crippen molar-refractivity contribution < 1.29 is 0 Å². The third-order valence-electron chi connectivity index (χ3n) is 1.64. The standard InChI is InChI=1S/C8H6ClIN4/c9-7-2-1-6(11)8(13-7)14-4-5(10)3-12-14/h1-4H,11H2. The maximum absolute atomic E-state index is 5.76. The summed E-state index contributed by atoms with van der Waals surface area (Å²) in [5, 5.41) is 4.50. The largest absolute Gasteiger partial charge is 0.396 e. The summed E-state index contributed by atoms with van der Waals surface area (Å²) in [5.41, 5.74) is 6.30. The molecule has 0 aliphatic carbocycles. The van der Waals surface area contributed by atoms with E-state index in [1.165, 1.54) is 0 Å². The van der Waals surface area contributed by atoms with Crippen molar-refractivity contribution in [3.63, 3.8) is 0 Å². The van der Waals surface area contributed by atoms with Crippen LogP contribution in [0.4, 0.5) is 5.69 Å². The molecule has 72 valence electrons. The summed E-state index contributed by atoms with van der Waals surface area (Å²) in [6.45, 7) is 0. The number of nitrogens with two attached hydrogens (primary N) is 1. The molecule has 0 aliphatic rings. The quantitative estimate of drug-likeness (QED) is 0.647. The van der Waals surface area contributed by atoms with E-state index in [4.69, 9.17) is 17.3 Å². The van der Waals surface area contributed by atoms with Gasteiger partial charge in [0.1, 0.15) is 5.15 Å². The van der Waals surface area contributed by atoms with Crippen molar-refractivity contribution in [2.24, 2.45) is 0 Å². The van der Waals surface area contributed by atoms with Gasteiger partial charge in [0.15, 0.2) is 5.82 Å². The average molecular weight is 321 g/mol. The van der Waals surface area contributed by atoms with Gasteiger partial charge in [-0.3, -0.25) is 0 Å². The van der Waals surface area contributed by atoms with Crippen LogP contribution in [-0.2, 0) is 0 Å². The second-order valence-electron chi connectivity index (χ2n) is 2.65. The molecule has 6 heteroatoms. The molecule has 0 atom stereocenters. The molecule has 0 spiro atoms. The fraction of sp³-hybridized carbons (Fsp3) is 0. The Balaban J connectivity index is 2.55. The van der Waals surface area contributed by atoms with Gasteiger partial charge in [-0.05, 0) is 34.7 Å². The number of anilines is 1. The minimum absolute atomic E-state index is 0.403. The first kappa shape index (κ1) is 9.72. The van der Waals surface area contributed by atoms with Crippen molar-refractivity contribution in [3.8, 4) is 5.82 Å². The van der Waals surface area contributed by atoms with Crippen LogP contribution in [0.3, 0.4) is 0 Å². The number of nitrogen functional groups attached to an aromatic ring is 1. The first-order chi connectivity index (χ1) is 6.66. The Kier molecular flexibility index (Phi) is 2.60. The summed E-state index contributed by atoms with van der Waals surface area (Å²) < 4.78 is 2.62. The lowest BCUT2D eigenvalue weighted by molar-refractivity contribution is 0.850. The lowest BCUT2D eigenvalue weighted by Crippen LogP contribution is -2.02. The lowest BCUT2D eigenvalue weighted by Gasteiger charge is -2.03. The van der Waals surface area contributed by atoms with Gasteiger partial charge in [0.2, 0.25) is 0 Å². The van der Waals surface area contributed by atoms with E-state index in [1.807, 2.05) is 6.20 Å². The van der Waals surface area contributed by atoms with Gasteiger partial charge in [-0.15, -0.1) is 0 Å². The Bertz CT molecular complexity index is 468. The van der Waals surface area contributed by atoms with Crippen LogP contribution in [0, 0.1) is 3.57 Å². The van der Waals surface area contributed by atoms with Crippen LogP contribution in [0.15, 0.2) is 24.5 Å². The van der Waals surface area contributed by atoms with Crippen molar-refractivity contribution in [2.45, 2.75) is 0 Å². The highest BCUT2D eigenvalue weighted by atomic mass is 127. The van der Waals surface area contributed by atoms with E-state index in [0.29, 0.717) is 16.7 Å². The summed E-state index contributed by atoms with van der Waals surface area (Å²) in [5.74, 6) is 0.556. The van der Waals surface area contributed by atoms with E-state index in [-0.39, 0.29) is 0 Å². The van der Waals surface area contributed by atoms with Gasteiger partial charge in [-0.1, -0.05) is 11.6 Å². The van der Waals surface area contributed by atoms with Gasteiger partial charge in [-0.25, -0.2) is 9.67 Å². The lowest BCUT2D eigenvalue weighted by atomic mass is 10.4. The predicted molar refractivity (Wildman–Crippen MR) is 63.5 cm³/mol. The van der Waals surface area contributed by atoms with Gasteiger partial charge in [-0.2, -0.15) is 5.10 Å². The summed E-state index contributed by atoms with van der Waals surface area (Å²) in [6.07, 6.45) is 3.55. The molecular formula is C8H6ClIN4. The van der Waals surface area contributed by atoms with Gasteiger partial charge < -0.3 is 5.73 Å². The number of halogens is 2. The predicted octanol–water partition coefficient (Wildman–Crippen LogP) is 2.11. The first-order valence-electron chi connectivity index (χ1n) is 3.79. The molecule has 14 heavy (non-hydrogen) atoms. The molecule has 0 aromatic carbocycles. The summed E-state index contributed by atoms with van der Waals surface area (Å²) in [4.78, 5) is 4.09. The molecule has 0 bridgehead atoms. The monoisotopic (exact) mass is 320 g/mol. The fourth-order valence-electron chi connectivity index (χ4n) is 1.04. The Morgan fingerprint density at radius 2 is 2.21 bits per heavy atom. The van der Waals surface area contributed by atoms with Crippen molar-refractivity contribution in [1.29, 1.82) is 0 Å². The van der Waals surface area contributed by atoms with E-state index in [1.54, 1.807) is 23.0 Å². The number of pyridine rings is 1. The third-order valence-corrected chi connectivity index (χ3v) is 2.41. The van der Waals surface area contributed by atoms with Crippen molar-refractivity contribution in [3.05, 3.63) is 33.2 Å². The average Bonchev–Trinajstić information content (AvgIpc) is 2.56. The van der Waals surface area contributed by atoms with Crippen molar-refractivity contribution in [1.82, 2.24) is 14.8 Å². The van der Waals surface area contributed by atoms with Gasteiger partial charge in [0.05, 0.1) is 15.5 Å². The van der Waals surface area contributed by atoms with Crippen LogP contribution in [-0.4, -0.2) is 14.8 Å². The molecule has 4 nitrogen and oxygen atoms in total. The number of aromatic nitrogens is 3. The van der Waals surface area contributed by atoms with Crippen LogP contribution < -0.4 is 5.73 Å². The molecule has 0 aliphatic heterocycles. The second-order valence-corrected chi connectivity index (χ2v) is 4.28. The topological polar surface area (TPSA) is 56.7 Å². The fourth-order valence-corrected chi connectivity index (χ4v) is 1.57. The zero-order chi connectivity index (χ0) is 10.1. The van der Waals surface area contributed by atoms with Crippen LogP contribution in [0.25, 0.3) is 5.82 Å². The second kappa shape index (κ2) is 3.74. The number of nitrogens with zero attached hydrogens (tertiary/aromatic N) is 3. The third kappa shape index (κ3) is 1.83. The van der Waals surface area contributed by atoms with Crippen LogP contribution in [0.1, 0.15) is 0 Å². The minimum atomic E-state index is 0.403. The Morgan fingerprint density at radius 3 is 2.86 bits per heavy atom. The van der Waals surface area contributed by atoms with Gasteiger partial charge in [0.25, 0.3) is 0 Å². The highest BCUT2D eigenvalue weighted by Gasteiger charge is 2.05. The highest BCUT2D eigenvalue weighted by molar-refractivity contribution is 14.1. The summed E-state index contributed by atoms with van der Waals surface area (Å²) >= 11 is 7.93.